The first-order valence-corrected chi connectivity index (χ1v) is 5.47. The van der Waals surface area contributed by atoms with Crippen molar-refractivity contribution >= 4 is 0 Å². The van der Waals surface area contributed by atoms with E-state index in [1.807, 2.05) is 6.20 Å². The van der Waals surface area contributed by atoms with Crippen molar-refractivity contribution in [2.24, 2.45) is 5.73 Å². The van der Waals surface area contributed by atoms with Crippen LogP contribution >= 0.6 is 0 Å². The van der Waals surface area contributed by atoms with E-state index >= 15 is 0 Å². The second kappa shape index (κ2) is 5.82. The number of aromatic nitrogens is 3. The largest absolute Gasteiger partial charge is 0.393 e. The molecule has 3 N–H and O–H groups in total. The van der Waals surface area contributed by atoms with Gasteiger partial charge in [0.05, 0.1) is 24.0 Å². The first-order valence-electron chi connectivity index (χ1n) is 5.47. The Balaban J connectivity index is 2.48. The number of aryl methyl sites for hydroxylation is 1. The molecular weight excluding hydrogens is 192 g/mol. The monoisotopic (exact) mass is 212 g/mol. The Morgan fingerprint density at radius 2 is 2.27 bits per heavy atom. The van der Waals surface area contributed by atoms with E-state index in [0.29, 0.717) is 13.0 Å². The molecule has 0 aliphatic heterocycles. The molecule has 0 aliphatic rings. The van der Waals surface area contributed by atoms with E-state index in [9.17, 15) is 0 Å². The van der Waals surface area contributed by atoms with Gasteiger partial charge in [-0.3, -0.25) is 4.68 Å². The average Bonchev–Trinajstić information content (AvgIpc) is 2.63. The second-order valence-corrected chi connectivity index (χ2v) is 3.94. The van der Waals surface area contributed by atoms with Gasteiger partial charge in [0.1, 0.15) is 0 Å². The van der Waals surface area contributed by atoms with Crippen LogP contribution in [0, 0.1) is 0 Å². The molecule has 1 aromatic rings. The molecule has 0 fully saturated rings. The topological polar surface area (TPSA) is 77.0 Å². The summed E-state index contributed by atoms with van der Waals surface area (Å²) >= 11 is 0. The van der Waals surface area contributed by atoms with Crippen molar-refractivity contribution in [3.8, 4) is 0 Å². The minimum atomic E-state index is -0.304. The average molecular weight is 212 g/mol. The Kier molecular flexibility index (Phi) is 4.71. The lowest BCUT2D eigenvalue weighted by Crippen LogP contribution is -2.10. The van der Waals surface area contributed by atoms with Crippen LogP contribution < -0.4 is 5.73 Å². The van der Waals surface area contributed by atoms with Crippen LogP contribution in [0.1, 0.15) is 44.8 Å². The lowest BCUT2D eigenvalue weighted by molar-refractivity contribution is 0.176. The van der Waals surface area contributed by atoms with Gasteiger partial charge < -0.3 is 10.8 Å². The Bertz CT molecular complexity index is 285. The molecule has 0 saturated heterocycles. The summed E-state index contributed by atoms with van der Waals surface area (Å²) in [7, 11) is 0. The van der Waals surface area contributed by atoms with Crippen molar-refractivity contribution in [1.82, 2.24) is 15.0 Å². The molecule has 15 heavy (non-hydrogen) atoms. The Morgan fingerprint density at radius 1 is 1.53 bits per heavy atom. The maximum Gasteiger partial charge on any atom is 0.0994 e. The van der Waals surface area contributed by atoms with E-state index in [0.717, 1.165) is 18.5 Å². The molecule has 1 aromatic heterocycles. The van der Waals surface area contributed by atoms with Gasteiger partial charge >= 0.3 is 0 Å². The molecule has 0 aromatic carbocycles. The van der Waals surface area contributed by atoms with Gasteiger partial charge in [-0.05, 0) is 19.8 Å². The summed E-state index contributed by atoms with van der Waals surface area (Å²) in [6, 6.07) is -0.0182. The molecule has 0 bridgehead atoms. The van der Waals surface area contributed by atoms with Gasteiger partial charge in [-0.2, -0.15) is 0 Å². The molecule has 0 saturated carbocycles. The van der Waals surface area contributed by atoms with E-state index in [1.54, 1.807) is 11.6 Å². The van der Waals surface area contributed by atoms with Crippen LogP contribution in [0.4, 0.5) is 0 Å². The van der Waals surface area contributed by atoms with Gasteiger partial charge in [0, 0.05) is 6.54 Å². The molecular formula is C10H20N4O. The highest BCUT2D eigenvalue weighted by molar-refractivity contribution is 4.99. The Labute approximate surface area is 90.3 Å². The van der Waals surface area contributed by atoms with Crippen LogP contribution in [-0.4, -0.2) is 26.2 Å². The second-order valence-electron chi connectivity index (χ2n) is 3.94. The van der Waals surface area contributed by atoms with Crippen LogP contribution in [0.2, 0.25) is 0 Å². The van der Waals surface area contributed by atoms with Crippen LogP contribution in [0.15, 0.2) is 6.20 Å². The zero-order valence-corrected chi connectivity index (χ0v) is 9.43. The highest BCUT2D eigenvalue weighted by atomic mass is 16.3. The predicted molar refractivity (Wildman–Crippen MR) is 58.2 cm³/mol. The van der Waals surface area contributed by atoms with Crippen molar-refractivity contribution in [1.29, 1.82) is 0 Å². The fourth-order valence-corrected chi connectivity index (χ4v) is 1.37. The third kappa shape index (κ3) is 3.97. The number of hydrogen-bond acceptors (Lipinski definition) is 4. The van der Waals surface area contributed by atoms with E-state index in [4.69, 9.17) is 10.8 Å². The lowest BCUT2D eigenvalue weighted by Gasteiger charge is -2.05. The van der Waals surface area contributed by atoms with Gasteiger partial charge in [-0.25, -0.2) is 0 Å². The molecule has 5 heteroatoms. The van der Waals surface area contributed by atoms with Gasteiger partial charge in [0.15, 0.2) is 0 Å². The third-order valence-corrected chi connectivity index (χ3v) is 2.31. The normalized spacial score (nSPS) is 15.2. The van der Waals surface area contributed by atoms with Gasteiger partial charge in [-0.15, -0.1) is 5.10 Å². The van der Waals surface area contributed by atoms with Crippen LogP contribution in [0.3, 0.4) is 0 Å². The van der Waals surface area contributed by atoms with Crippen LogP contribution in [-0.2, 0) is 6.54 Å². The summed E-state index contributed by atoms with van der Waals surface area (Å²) in [5.74, 6) is 0. The van der Waals surface area contributed by atoms with Crippen molar-refractivity contribution in [2.45, 2.75) is 51.8 Å². The fraction of sp³-hybridized carbons (Fsp3) is 0.800. The molecule has 1 heterocycles. The van der Waals surface area contributed by atoms with Crippen LogP contribution in [0.25, 0.3) is 0 Å². The summed E-state index contributed by atoms with van der Waals surface area (Å²) in [6.07, 6.45) is 4.22. The zero-order chi connectivity index (χ0) is 11.3. The van der Waals surface area contributed by atoms with Crippen molar-refractivity contribution in [3.05, 3.63) is 11.9 Å². The summed E-state index contributed by atoms with van der Waals surface area (Å²) < 4.78 is 1.73. The number of nitrogens with two attached hydrogens (primary N) is 1. The Morgan fingerprint density at radius 3 is 2.87 bits per heavy atom. The molecule has 0 aliphatic carbocycles. The quantitative estimate of drug-likeness (QED) is 0.733. The van der Waals surface area contributed by atoms with E-state index < -0.39 is 0 Å². The standard InChI is InChI=1S/C10H20N4O/c1-3-4-9(11)10-7-14(13-12-10)6-5-8(2)15/h7-9,15H,3-6,11H2,1-2H3. The van der Waals surface area contributed by atoms with Gasteiger partial charge in [0.25, 0.3) is 0 Å². The smallest absolute Gasteiger partial charge is 0.0994 e. The minimum Gasteiger partial charge on any atom is -0.393 e. The number of nitrogens with zero attached hydrogens (tertiary/aromatic N) is 3. The van der Waals surface area contributed by atoms with Crippen molar-refractivity contribution < 1.29 is 5.11 Å². The zero-order valence-electron chi connectivity index (χ0n) is 9.43. The third-order valence-electron chi connectivity index (χ3n) is 2.31. The Hall–Kier alpha value is -0.940. The highest BCUT2D eigenvalue weighted by Crippen LogP contribution is 2.12. The van der Waals surface area contributed by atoms with E-state index in [2.05, 4.69) is 17.2 Å². The SMILES string of the molecule is CCCC(N)c1cn(CCC(C)O)nn1. The van der Waals surface area contributed by atoms with Gasteiger partial charge in [-0.1, -0.05) is 18.6 Å². The number of rotatable bonds is 6. The maximum absolute atomic E-state index is 9.13. The predicted octanol–water partition coefficient (Wildman–Crippen LogP) is 0.849. The molecule has 1 rings (SSSR count). The molecule has 0 radical (unpaired) electrons. The highest BCUT2D eigenvalue weighted by Gasteiger charge is 2.09. The maximum atomic E-state index is 9.13. The first kappa shape index (κ1) is 12.1. The molecule has 0 spiro atoms. The van der Waals surface area contributed by atoms with Crippen molar-refractivity contribution in [3.63, 3.8) is 0 Å². The van der Waals surface area contributed by atoms with Gasteiger partial charge in [0.2, 0.25) is 0 Å². The number of aliphatic hydroxyl groups excluding tert-OH is 1. The number of aliphatic hydroxyl groups is 1. The van der Waals surface area contributed by atoms with E-state index in [-0.39, 0.29) is 12.1 Å². The summed E-state index contributed by atoms with van der Waals surface area (Å²) in [6.45, 7) is 4.54. The molecule has 2 unspecified atom stereocenters. The molecule has 0 amide bonds. The first-order chi connectivity index (χ1) is 7.13. The molecule has 5 nitrogen and oxygen atoms in total. The molecule has 86 valence electrons. The molecule has 2 atom stereocenters. The lowest BCUT2D eigenvalue weighted by atomic mass is 10.1. The number of hydrogen-bond donors (Lipinski definition) is 2. The van der Waals surface area contributed by atoms with Crippen LogP contribution in [0.5, 0.6) is 0 Å². The summed E-state index contributed by atoms with van der Waals surface area (Å²) in [5, 5.41) is 17.1. The fourth-order valence-electron chi connectivity index (χ4n) is 1.37. The van der Waals surface area contributed by atoms with Crippen molar-refractivity contribution in [2.75, 3.05) is 0 Å². The minimum absolute atomic E-state index is 0.0182. The van der Waals surface area contributed by atoms with E-state index in [1.165, 1.54) is 0 Å². The summed E-state index contributed by atoms with van der Waals surface area (Å²) in [5.41, 5.74) is 6.75. The summed E-state index contributed by atoms with van der Waals surface area (Å²) in [4.78, 5) is 0.